The monoisotopic (exact) mass is 296 g/mol. The predicted molar refractivity (Wildman–Crippen MR) is 61.4 cm³/mol. The van der Waals surface area contributed by atoms with Crippen molar-refractivity contribution >= 4 is 10.1 Å². The van der Waals surface area contributed by atoms with Gasteiger partial charge in [0.15, 0.2) is 5.44 Å². The molecule has 1 N–H and O–H groups in total. The number of benzene rings is 1. The summed E-state index contributed by atoms with van der Waals surface area (Å²) in [5.41, 5.74) is -1.39. The first-order chi connectivity index (χ1) is 8.32. The van der Waals surface area contributed by atoms with Crippen molar-refractivity contribution in [1.82, 2.24) is 0 Å². The normalized spacial score (nSPS) is 19.1. The Morgan fingerprint density at radius 2 is 2.16 bits per heavy atom. The molecule has 1 aliphatic rings. The zero-order valence-electron chi connectivity index (χ0n) is 10.9. The largest absolute Gasteiger partial charge is 1.00 e. The van der Waals surface area contributed by atoms with Gasteiger partial charge in [-0.15, -0.1) is 0 Å². The maximum Gasteiger partial charge on any atom is 1.00 e. The van der Waals surface area contributed by atoms with Gasteiger partial charge in [-0.3, -0.25) is 0 Å². The van der Waals surface area contributed by atoms with Gasteiger partial charge in [-0.2, -0.15) is 0 Å². The van der Waals surface area contributed by atoms with Crippen molar-refractivity contribution < 1.29 is 57.1 Å². The van der Waals surface area contributed by atoms with Crippen LogP contribution in [0, 0.1) is 0 Å². The topological polar surface area (TPSA) is 95.9 Å². The number of fused-ring (bicyclic) bond motifs is 1. The van der Waals surface area contributed by atoms with E-state index in [4.69, 9.17) is 9.47 Å². The van der Waals surface area contributed by atoms with E-state index in [1.807, 2.05) is 6.92 Å². The van der Waals surface area contributed by atoms with Crippen LogP contribution >= 0.6 is 0 Å². The second-order valence-corrected chi connectivity index (χ2v) is 5.61. The number of methoxy groups -OCH3 is 1. The van der Waals surface area contributed by atoms with Crippen molar-refractivity contribution in [3.05, 3.63) is 23.3 Å². The Morgan fingerprint density at radius 3 is 2.68 bits per heavy atom. The summed E-state index contributed by atoms with van der Waals surface area (Å²) in [6, 6.07) is 2.93. The third-order valence-electron chi connectivity index (χ3n) is 2.79. The van der Waals surface area contributed by atoms with Crippen molar-refractivity contribution in [2.75, 3.05) is 7.11 Å². The van der Waals surface area contributed by atoms with E-state index in [9.17, 15) is 18.1 Å². The standard InChI is InChI=1S/C11H14O6S.Na/c1-6-3-7-4-10(16-2)8(5-9(7)17-6)11(12)18(13,14)15;/h4-6,11-12H,3H2,1-2H3,(H,13,14,15);/q;+1/p-1. The maximum absolute atomic E-state index is 10.9. The number of rotatable bonds is 3. The van der Waals surface area contributed by atoms with Gasteiger partial charge in [0.05, 0.1) is 7.11 Å². The molecule has 1 aliphatic heterocycles. The third kappa shape index (κ3) is 3.42. The molecule has 0 amide bonds. The SMILES string of the molecule is COc1cc2c(cc1C(O)S(=O)(=O)[O-])OC(C)C2.[Na+]. The molecule has 0 fully saturated rings. The summed E-state index contributed by atoms with van der Waals surface area (Å²) >= 11 is 0. The quantitative estimate of drug-likeness (QED) is 0.492. The molecule has 2 atom stereocenters. The molecular formula is C11H13NaO6S. The minimum Gasteiger partial charge on any atom is -0.746 e. The molecule has 0 bridgehead atoms. The fourth-order valence-corrected chi connectivity index (χ4v) is 2.48. The van der Waals surface area contributed by atoms with Crippen LogP contribution in [0.25, 0.3) is 0 Å². The summed E-state index contributed by atoms with van der Waals surface area (Å²) < 4.78 is 43.0. The number of hydrogen-bond acceptors (Lipinski definition) is 6. The minimum absolute atomic E-state index is 0. The molecule has 0 aromatic heterocycles. The Balaban J connectivity index is 0.00000180. The second kappa shape index (κ2) is 5.99. The summed E-state index contributed by atoms with van der Waals surface area (Å²) in [7, 11) is -3.51. The van der Waals surface area contributed by atoms with E-state index in [1.54, 1.807) is 6.07 Å². The molecule has 0 saturated heterocycles. The molecule has 1 aromatic rings. The van der Waals surface area contributed by atoms with E-state index in [0.29, 0.717) is 12.2 Å². The van der Waals surface area contributed by atoms with Crippen LogP contribution < -0.4 is 39.0 Å². The fourth-order valence-electron chi connectivity index (χ4n) is 1.98. The van der Waals surface area contributed by atoms with Gasteiger partial charge >= 0.3 is 29.6 Å². The number of aliphatic hydroxyl groups is 1. The van der Waals surface area contributed by atoms with Gasteiger partial charge in [-0.05, 0) is 19.1 Å². The van der Waals surface area contributed by atoms with Crippen LogP contribution in [-0.2, 0) is 16.5 Å². The van der Waals surface area contributed by atoms with E-state index >= 15 is 0 Å². The molecule has 0 spiro atoms. The smallest absolute Gasteiger partial charge is 0.746 e. The Morgan fingerprint density at radius 1 is 1.53 bits per heavy atom. The second-order valence-electron chi connectivity index (χ2n) is 4.18. The summed E-state index contributed by atoms with van der Waals surface area (Å²) in [4.78, 5) is 0. The first-order valence-corrected chi connectivity index (χ1v) is 6.80. The van der Waals surface area contributed by atoms with E-state index < -0.39 is 15.6 Å². The molecule has 2 unspecified atom stereocenters. The van der Waals surface area contributed by atoms with Crippen LogP contribution in [0.4, 0.5) is 0 Å². The molecule has 100 valence electrons. The van der Waals surface area contributed by atoms with Gasteiger partial charge in [0.25, 0.3) is 0 Å². The van der Waals surface area contributed by atoms with Crippen LogP contribution in [0.5, 0.6) is 11.5 Å². The average Bonchev–Trinajstić information content (AvgIpc) is 2.64. The van der Waals surface area contributed by atoms with Gasteiger partial charge < -0.3 is 19.1 Å². The first kappa shape index (κ1) is 16.7. The van der Waals surface area contributed by atoms with Gasteiger partial charge in [-0.25, -0.2) is 8.42 Å². The Kier molecular flexibility index (Phi) is 5.28. The van der Waals surface area contributed by atoms with E-state index in [0.717, 1.165) is 5.56 Å². The molecule has 0 aliphatic carbocycles. The molecule has 1 heterocycles. The van der Waals surface area contributed by atoms with Crippen molar-refractivity contribution in [3.8, 4) is 11.5 Å². The molecule has 1 aromatic carbocycles. The average molecular weight is 296 g/mol. The van der Waals surface area contributed by atoms with Gasteiger partial charge in [0.2, 0.25) is 0 Å². The van der Waals surface area contributed by atoms with Crippen molar-refractivity contribution in [1.29, 1.82) is 0 Å². The van der Waals surface area contributed by atoms with E-state index in [2.05, 4.69) is 0 Å². The Bertz CT molecular complexity index is 571. The predicted octanol–water partition coefficient (Wildman–Crippen LogP) is -2.44. The molecule has 6 nitrogen and oxygen atoms in total. The number of ether oxygens (including phenoxy) is 2. The molecule has 8 heteroatoms. The van der Waals surface area contributed by atoms with Crippen LogP contribution in [0.1, 0.15) is 23.5 Å². The van der Waals surface area contributed by atoms with Crippen LogP contribution in [0.3, 0.4) is 0 Å². The van der Waals surface area contributed by atoms with Gasteiger partial charge in [0, 0.05) is 17.5 Å². The summed E-state index contributed by atoms with van der Waals surface area (Å²) in [6.07, 6.45) is 0.646. The summed E-state index contributed by atoms with van der Waals surface area (Å²) in [5.74, 6) is 0.638. The zero-order chi connectivity index (χ0) is 13.5. The minimum atomic E-state index is -4.85. The van der Waals surface area contributed by atoms with Crippen molar-refractivity contribution in [2.45, 2.75) is 24.9 Å². The Labute approximate surface area is 133 Å². The maximum atomic E-state index is 10.9. The fraction of sp³-hybridized carbons (Fsp3) is 0.455. The molecule has 2 rings (SSSR count). The third-order valence-corrected chi connectivity index (χ3v) is 3.59. The first-order valence-electron chi connectivity index (χ1n) is 5.33. The molecule has 0 saturated carbocycles. The Hall–Kier alpha value is -0.310. The zero-order valence-corrected chi connectivity index (χ0v) is 13.7. The number of hydrogen-bond donors (Lipinski definition) is 1. The number of aliphatic hydroxyl groups excluding tert-OH is 1. The van der Waals surface area contributed by atoms with Crippen molar-refractivity contribution in [2.24, 2.45) is 0 Å². The van der Waals surface area contributed by atoms with E-state index in [1.165, 1.54) is 13.2 Å². The van der Waals surface area contributed by atoms with E-state index in [-0.39, 0.29) is 47.0 Å². The molecule has 19 heavy (non-hydrogen) atoms. The van der Waals surface area contributed by atoms with Crippen molar-refractivity contribution in [3.63, 3.8) is 0 Å². The van der Waals surface area contributed by atoms with Crippen LogP contribution in [0.2, 0.25) is 0 Å². The van der Waals surface area contributed by atoms with Gasteiger partial charge in [-0.1, -0.05) is 0 Å². The van der Waals surface area contributed by atoms with Gasteiger partial charge in [0.1, 0.15) is 27.7 Å². The molecule has 0 radical (unpaired) electrons. The van der Waals surface area contributed by atoms with Crippen LogP contribution in [0.15, 0.2) is 12.1 Å². The van der Waals surface area contributed by atoms with Crippen LogP contribution in [-0.4, -0.2) is 31.3 Å². The summed E-state index contributed by atoms with van der Waals surface area (Å²) in [5, 5.41) is 9.53. The summed E-state index contributed by atoms with van der Waals surface area (Å²) in [6.45, 7) is 1.87. The molecular weight excluding hydrogens is 283 g/mol.